The lowest BCUT2D eigenvalue weighted by Gasteiger charge is -2.26. The topological polar surface area (TPSA) is 60.4 Å². The number of benzene rings is 2. The molecule has 3 rings (SSSR count). The van der Waals surface area contributed by atoms with Crippen LogP contribution in [0.5, 0.6) is 0 Å². The number of aryl methyl sites for hydroxylation is 1. The first-order valence-electron chi connectivity index (χ1n) is 7.48. The summed E-state index contributed by atoms with van der Waals surface area (Å²) in [6, 6.07) is 13.6. The van der Waals surface area contributed by atoms with Crippen LogP contribution in [0.4, 0.5) is 0 Å². The van der Waals surface area contributed by atoms with Gasteiger partial charge in [0.15, 0.2) is 0 Å². The molecule has 0 aromatic heterocycles. The maximum absolute atomic E-state index is 13.0. The van der Waals surface area contributed by atoms with E-state index in [0.717, 1.165) is 12.0 Å². The van der Waals surface area contributed by atoms with Gasteiger partial charge in [-0.15, -0.1) is 0 Å². The van der Waals surface area contributed by atoms with Gasteiger partial charge in [0.05, 0.1) is 0 Å². The van der Waals surface area contributed by atoms with Crippen LogP contribution in [0.25, 0.3) is 0 Å². The molecule has 0 N–H and O–H groups in total. The molecule has 1 aliphatic carbocycles. The predicted octanol–water partition coefficient (Wildman–Crippen LogP) is 3.09. The highest BCUT2D eigenvalue weighted by molar-refractivity contribution is 6.32. The summed E-state index contributed by atoms with van der Waals surface area (Å²) in [5, 5.41) is 0. The van der Waals surface area contributed by atoms with Gasteiger partial charge >= 0.3 is 5.97 Å². The van der Waals surface area contributed by atoms with Crippen molar-refractivity contribution in [1.29, 1.82) is 0 Å². The Morgan fingerprint density at radius 1 is 1.00 bits per heavy atom. The maximum atomic E-state index is 13.0. The van der Waals surface area contributed by atoms with E-state index in [1.165, 1.54) is 6.92 Å². The molecule has 0 saturated carbocycles. The SMILES string of the molecule is CCc1cccc(C2(OC(C)=O)C(=O)c3ccccc3C2=O)c1. The number of rotatable bonds is 3. The molecule has 2 aromatic carbocycles. The van der Waals surface area contributed by atoms with Crippen molar-refractivity contribution in [1.82, 2.24) is 0 Å². The minimum atomic E-state index is -1.90. The summed E-state index contributed by atoms with van der Waals surface area (Å²) in [4.78, 5) is 37.6. The molecule has 0 heterocycles. The zero-order valence-electron chi connectivity index (χ0n) is 13.0. The lowest BCUT2D eigenvalue weighted by Crippen LogP contribution is -2.42. The smallest absolute Gasteiger partial charge is 0.304 e. The highest BCUT2D eigenvalue weighted by Gasteiger charge is 2.57. The summed E-state index contributed by atoms with van der Waals surface area (Å²) in [6.07, 6.45) is 0.749. The van der Waals surface area contributed by atoms with Crippen molar-refractivity contribution in [2.45, 2.75) is 25.9 Å². The summed E-state index contributed by atoms with van der Waals surface area (Å²) in [6.45, 7) is 3.18. The summed E-state index contributed by atoms with van der Waals surface area (Å²) in [5.41, 5.74) is 0.0471. The molecule has 0 unspecified atom stereocenters. The van der Waals surface area contributed by atoms with Crippen LogP contribution in [0.15, 0.2) is 48.5 Å². The fraction of sp³-hybridized carbons (Fsp3) is 0.211. The largest absolute Gasteiger partial charge is 0.437 e. The first kappa shape index (κ1) is 15.2. The van der Waals surface area contributed by atoms with Crippen LogP contribution in [0.1, 0.15) is 45.7 Å². The molecule has 0 atom stereocenters. The summed E-state index contributed by atoms with van der Waals surface area (Å²) >= 11 is 0. The first-order valence-corrected chi connectivity index (χ1v) is 7.48. The standard InChI is InChI=1S/C19H16O4/c1-3-13-7-6-8-14(11-13)19(23-12(2)20)17(21)15-9-4-5-10-16(15)18(19)22/h4-11H,3H2,1-2H3. The number of ketones is 2. The van der Waals surface area contributed by atoms with E-state index in [0.29, 0.717) is 16.7 Å². The molecule has 116 valence electrons. The second-order valence-electron chi connectivity index (χ2n) is 5.53. The number of esters is 1. The molecule has 0 fully saturated rings. The Labute approximate surface area is 134 Å². The molecular formula is C19H16O4. The monoisotopic (exact) mass is 308 g/mol. The third kappa shape index (κ3) is 2.18. The first-order chi connectivity index (χ1) is 11.0. The van der Waals surface area contributed by atoms with E-state index in [2.05, 4.69) is 0 Å². The van der Waals surface area contributed by atoms with Crippen molar-refractivity contribution < 1.29 is 19.1 Å². The molecule has 4 heteroatoms. The van der Waals surface area contributed by atoms with Crippen LogP contribution in [-0.4, -0.2) is 17.5 Å². The number of carbonyl (C=O) groups is 3. The highest BCUT2D eigenvalue weighted by atomic mass is 16.6. The maximum Gasteiger partial charge on any atom is 0.304 e. The number of hydrogen-bond donors (Lipinski definition) is 0. The molecule has 0 spiro atoms. The van der Waals surface area contributed by atoms with E-state index in [9.17, 15) is 14.4 Å². The van der Waals surface area contributed by atoms with E-state index < -0.39 is 23.1 Å². The van der Waals surface area contributed by atoms with Gasteiger partial charge in [-0.05, 0) is 12.0 Å². The van der Waals surface area contributed by atoms with Crippen molar-refractivity contribution in [3.05, 3.63) is 70.8 Å². The van der Waals surface area contributed by atoms with Crippen molar-refractivity contribution in [2.24, 2.45) is 0 Å². The van der Waals surface area contributed by atoms with Gasteiger partial charge in [-0.3, -0.25) is 14.4 Å². The third-order valence-corrected chi connectivity index (χ3v) is 4.09. The van der Waals surface area contributed by atoms with Gasteiger partial charge in [0, 0.05) is 23.6 Å². The Balaban J connectivity index is 2.25. The number of Topliss-reactive ketones (excluding diaryl/α,β-unsaturated/α-hetero) is 2. The van der Waals surface area contributed by atoms with Gasteiger partial charge in [0.25, 0.3) is 5.60 Å². The molecule has 4 nitrogen and oxygen atoms in total. The van der Waals surface area contributed by atoms with Crippen LogP contribution in [0.3, 0.4) is 0 Å². The summed E-state index contributed by atoms with van der Waals surface area (Å²) < 4.78 is 5.35. The molecule has 1 aliphatic rings. The fourth-order valence-corrected chi connectivity index (χ4v) is 3.00. The lowest BCUT2D eigenvalue weighted by atomic mass is 9.87. The molecule has 0 amide bonds. The van der Waals surface area contributed by atoms with E-state index in [1.54, 1.807) is 42.5 Å². The average molecular weight is 308 g/mol. The zero-order chi connectivity index (χ0) is 16.6. The normalized spacial score (nSPS) is 15.4. The molecule has 23 heavy (non-hydrogen) atoms. The third-order valence-electron chi connectivity index (χ3n) is 4.09. The van der Waals surface area contributed by atoms with Crippen molar-refractivity contribution in [3.63, 3.8) is 0 Å². The Hall–Kier alpha value is -2.75. The van der Waals surface area contributed by atoms with Gasteiger partial charge in [0.2, 0.25) is 11.6 Å². The van der Waals surface area contributed by atoms with Gasteiger partial charge in [-0.25, -0.2) is 0 Å². The Morgan fingerprint density at radius 2 is 1.61 bits per heavy atom. The van der Waals surface area contributed by atoms with Crippen LogP contribution in [0, 0.1) is 0 Å². The van der Waals surface area contributed by atoms with Crippen LogP contribution < -0.4 is 0 Å². The fourth-order valence-electron chi connectivity index (χ4n) is 3.00. The van der Waals surface area contributed by atoms with E-state index in [1.807, 2.05) is 13.0 Å². The Bertz CT molecular complexity index is 785. The van der Waals surface area contributed by atoms with Crippen LogP contribution in [-0.2, 0) is 21.6 Å². The van der Waals surface area contributed by atoms with Crippen molar-refractivity contribution in [2.75, 3.05) is 0 Å². The predicted molar refractivity (Wildman–Crippen MR) is 84.4 cm³/mol. The summed E-state index contributed by atoms with van der Waals surface area (Å²) in [7, 11) is 0. The molecule has 0 saturated heterocycles. The lowest BCUT2D eigenvalue weighted by molar-refractivity contribution is -0.149. The van der Waals surface area contributed by atoms with Gasteiger partial charge < -0.3 is 4.74 Å². The van der Waals surface area contributed by atoms with Gasteiger partial charge in [-0.1, -0.05) is 55.5 Å². The van der Waals surface area contributed by atoms with E-state index in [4.69, 9.17) is 4.74 Å². The number of carbonyl (C=O) groups excluding carboxylic acids is 3. The number of ether oxygens (including phenoxy) is 1. The number of fused-ring (bicyclic) bond motifs is 1. The van der Waals surface area contributed by atoms with Crippen LogP contribution >= 0.6 is 0 Å². The average Bonchev–Trinajstić information content (AvgIpc) is 2.78. The second kappa shape index (κ2) is 5.47. The molecule has 0 aliphatic heterocycles. The molecule has 0 radical (unpaired) electrons. The quantitative estimate of drug-likeness (QED) is 0.646. The van der Waals surface area contributed by atoms with Crippen molar-refractivity contribution in [3.8, 4) is 0 Å². The highest BCUT2D eigenvalue weighted by Crippen LogP contribution is 2.41. The Morgan fingerprint density at radius 3 is 2.13 bits per heavy atom. The number of hydrogen-bond acceptors (Lipinski definition) is 4. The zero-order valence-corrected chi connectivity index (χ0v) is 13.0. The van der Waals surface area contributed by atoms with Crippen LogP contribution in [0.2, 0.25) is 0 Å². The van der Waals surface area contributed by atoms with E-state index in [-0.39, 0.29) is 0 Å². The van der Waals surface area contributed by atoms with Gasteiger partial charge in [0.1, 0.15) is 0 Å². The summed E-state index contributed by atoms with van der Waals surface area (Å²) in [5.74, 6) is -1.63. The molecular weight excluding hydrogens is 292 g/mol. The molecule has 0 bridgehead atoms. The minimum absolute atomic E-state index is 0.292. The van der Waals surface area contributed by atoms with Gasteiger partial charge in [-0.2, -0.15) is 0 Å². The second-order valence-corrected chi connectivity index (χ2v) is 5.53. The minimum Gasteiger partial charge on any atom is -0.437 e. The van der Waals surface area contributed by atoms with Crippen molar-refractivity contribution >= 4 is 17.5 Å². The van der Waals surface area contributed by atoms with E-state index >= 15 is 0 Å². The molecule has 2 aromatic rings. The Kier molecular flexibility index (Phi) is 3.60.